The van der Waals surface area contributed by atoms with E-state index in [0.717, 1.165) is 6.20 Å². The van der Waals surface area contributed by atoms with Gasteiger partial charge in [-0.3, -0.25) is 9.59 Å². The van der Waals surface area contributed by atoms with E-state index in [9.17, 15) is 19.2 Å². The summed E-state index contributed by atoms with van der Waals surface area (Å²) in [4.78, 5) is 50.3. The number of carbonyl (C=O) groups is 4. The molecule has 166 valence electrons. The molecule has 0 unspecified atom stereocenters. The molecule has 0 atom stereocenters. The molecule has 0 aliphatic rings. The van der Waals surface area contributed by atoms with Crippen LogP contribution in [0.25, 0.3) is 0 Å². The highest BCUT2D eigenvalue weighted by molar-refractivity contribution is 5.77. The summed E-state index contributed by atoms with van der Waals surface area (Å²) in [6.07, 6.45) is -1.00. The molecular weight excluding hydrogens is 402 g/mol. The van der Waals surface area contributed by atoms with E-state index in [0.29, 0.717) is 0 Å². The number of methoxy groups -OCH3 is 2. The van der Waals surface area contributed by atoms with Crippen LogP contribution in [0.5, 0.6) is 11.6 Å². The van der Waals surface area contributed by atoms with Crippen LogP contribution in [0, 0.1) is 10.8 Å². The molecule has 0 N–H and O–H groups in total. The van der Waals surface area contributed by atoms with Gasteiger partial charge in [-0.05, 0) is 33.8 Å². The van der Waals surface area contributed by atoms with Gasteiger partial charge in [-0.15, -0.1) is 0 Å². The van der Waals surface area contributed by atoms with E-state index < -0.39 is 35.1 Å². The standard InChI is InChI=1S/C19H25NO10/c1-18(2,14(21)25-5)10-27-16(23)29-12-7-8-13(20-9-12)30-17(24)28-11-19(3,4)15(22)26-6/h7-9H,10-11H2,1-6H3. The van der Waals surface area contributed by atoms with Crippen LogP contribution in [0.4, 0.5) is 9.59 Å². The molecule has 0 saturated heterocycles. The van der Waals surface area contributed by atoms with Gasteiger partial charge in [0.1, 0.15) is 13.2 Å². The van der Waals surface area contributed by atoms with E-state index >= 15 is 0 Å². The number of hydrogen-bond donors (Lipinski definition) is 0. The molecule has 0 saturated carbocycles. The molecular formula is C19H25NO10. The fourth-order valence-electron chi connectivity index (χ4n) is 1.88. The highest BCUT2D eigenvalue weighted by Crippen LogP contribution is 2.20. The second-order valence-electron chi connectivity index (χ2n) is 7.36. The normalized spacial score (nSPS) is 11.1. The largest absolute Gasteiger partial charge is 0.515 e. The van der Waals surface area contributed by atoms with Gasteiger partial charge in [-0.2, -0.15) is 0 Å². The summed E-state index contributed by atoms with van der Waals surface area (Å²) in [5.41, 5.74) is -2.08. The first-order chi connectivity index (χ1) is 13.9. The highest BCUT2D eigenvalue weighted by atomic mass is 16.7. The van der Waals surface area contributed by atoms with Crippen molar-refractivity contribution >= 4 is 24.2 Å². The quantitative estimate of drug-likeness (QED) is 0.447. The van der Waals surface area contributed by atoms with Gasteiger partial charge in [0.25, 0.3) is 0 Å². The Hall–Kier alpha value is -3.37. The van der Waals surface area contributed by atoms with E-state index in [1.54, 1.807) is 27.7 Å². The number of carbonyl (C=O) groups excluding carboxylic acids is 4. The third kappa shape index (κ3) is 7.57. The van der Waals surface area contributed by atoms with Crippen molar-refractivity contribution in [2.75, 3.05) is 27.4 Å². The summed E-state index contributed by atoms with van der Waals surface area (Å²) < 4.78 is 28.8. The molecule has 1 aromatic heterocycles. The van der Waals surface area contributed by atoms with Gasteiger partial charge in [-0.25, -0.2) is 14.6 Å². The fourth-order valence-corrected chi connectivity index (χ4v) is 1.88. The van der Waals surface area contributed by atoms with Crippen molar-refractivity contribution in [1.29, 1.82) is 0 Å². The van der Waals surface area contributed by atoms with Gasteiger partial charge >= 0.3 is 24.2 Å². The molecule has 0 aliphatic heterocycles. The number of rotatable bonds is 8. The van der Waals surface area contributed by atoms with E-state index in [2.05, 4.69) is 14.5 Å². The average Bonchev–Trinajstić information content (AvgIpc) is 2.71. The summed E-state index contributed by atoms with van der Waals surface area (Å²) in [5.74, 6) is -1.19. The fraction of sp³-hybridized carbons (Fsp3) is 0.526. The lowest BCUT2D eigenvalue weighted by atomic mass is 9.95. The van der Waals surface area contributed by atoms with Crippen molar-refractivity contribution in [3.05, 3.63) is 18.3 Å². The van der Waals surface area contributed by atoms with Crippen molar-refractivity contribution < 1.29 is 47.6 Å². The molecule has 0 spiro atoms. The number of nitrogens with zero attached hydrogens (tertiary/aromatic N) is 1. The van der Waals surface area contributed by atoms with Crippen LogP contribution < -0.4 is 9.47 Å². The molecule has 0 amide bonds. The number of aromatic nitrogens is 1. The molecule has 0 aliphatic carbocycles. The zero-order valence-corrected chi connectivity index (χ0v) is 17.7. The lowest BCUT2D eigenvalue weighted by molar-refractivity contribution is -0.153. The van der Waals surface area contributed by atoms with Crippen LogP contribution in [-0.2, 0) is 28.5 Å². The summed E-state index contributed by atoms with van der Waals surface area (Å²) in [5, 5.41) is 0. The van der Waals surface area contributed by atoms with Crippen LogP contribution in [0.3, 0.4) is 0 Å². The molecule has 1 rings (SSSR count). The summed E-state index contributed by atoms with van der Waals surface area (Å²) in [6.45, 7) is 5.68. The molecule has 11 heteroatoms. The van der Waals surface area contributed by atoms with Crippen molar-refractivity contribution in [2.24, 2.45) is 10.8 Å². The lowest BCUT2D eigenvalue weighted by Crippen LogP contribution is -2.32. The summed E-state index contributed by atoms with van der Waals surface area (Å²) in [7, 11) is 2.46. The van der Waals surface area contributed by atoms with Crippen molar-refractivity contribution in [1.82, 2.24) is 4.98 Å². The monoisotopic (exact) mass is 427 g/mol. The van der Waals surface area contributed by atoms with Crippen LogP contribution in [0.15, 0.2) is 18.3 Å². The maximum absolute atomic E-state index is 11.7. The van der Waals surface area contributed by atoms with Crippen LogP contribution in [-0.4, -0.2) is 56.7 Å². The van der Waals surface area contributed by atoms with Gasteiger partial charge < -0.3 is 28.4 Å². The van der Waals surface area contributed by atoms with E-state index in [-0.39, 0.29) is 24.8 Å². The van der Waals surface area contributed by atoms with Gasteiger partial charge in [0.2, 0.25) is 5.88 Å². The highest BCUT2D eigenvalue weighted by Gasteiger charge is 2.32. The maximum Gasteiger partial charge on any atom is 0.515 e. The molecule has 1 heterocycles. The smallest absolute Gasteiger partial charge is 0.469 e. The Morgan fingerprint density at radius 1 is 0.800 bits per heavy atom. The van der Waals surface area contributed by atoms with Crippen molar-refractivity contribution in [2.45, 2.75) is 27.7 Å². The number of ether oxygens (including phenoxy) is 6. The molecule has 1 aromatic rings. The SMILES string of the molecule is COC(=O)C(C)(C)COC(=O)Oc1ccc(OC(=O)OCC(C)(C)C(=O)OC)nc1. The van der Waals surface area contributed by atoms with E-state index in [1.165, 1.54) is 26.4 Å². The Labute approximate surface area is 173 Å². The van der Waals surface area contributed by atoms with Crippen LogP contribution >= 0.6 is 0 Å². The van der Waals surface area contributed by atoms with Gasteiger partial charge in [0.05, 0.1) is 31.2 Å². The third-order valence-electron chi connectivity index (χ3n) is 3.68. The second-order valence-corrected chi connectivity index (χ2v) is 7.36. The average molecular weight is 427 g/mol. The first kappa shape index (κ1) is 24.7. The van der Waals surface area contributed by atoms with Crippen LogP contribution in [0.2, 0.25) is 0 Å². The first-order valence-electron chi connectivity index (χ1n) is 8.73. The van der Waals surface area contributed by atoms with Gasteiger partial charge in [0.15, 0.2) is 5.75 Å². The lowest BCUT2D eigenvalue weighted by Gasteiger charge is -2.20. The minimum atomic E-state index is -1.07. The molecule has 30 heavy (non-hydrogen) atoms. The Balaban J connectivity index is 2.51. The Bertz CT molecular complexity index is 705. The molecule has 11 nitrogen and oxygen atoms in total. The van der Waals surface area contributed by atoms with Gasteiger partial charge in [-0.1, -0.05) is 0 Å². The van der Waals surface area contributed by atoms with Crippen LogP contribution in [0.1, 0.15) is 27.7 Å². The Kier molecular flexibility index (Phi) is 8.57. The second kappa shape index (κ2) is 10.4. The molecule has 0 aromatic carbocycles. The summed E-state index contributed by atoms with van der Waals surface area (Å²) >= 11 is 0. The van der Waals surface area contributed by atoms with E-state index in [1.807, 2.05) is 0 Å². The minimum absolute atomic E-state index is 0.0171. The number of hydrogen-bond acceptors (Lipinski definition) is 11. The molecule has 0 fully saturated rings. The Morgan fingerprint density at radius 2 is 1.27 bits per heavy atom. The number of esters is 2. The third-order valence-corrected chi connectivity index (χ3v) is 3.68. The van der Waals surface area contributed by atoms with Gasteiger partial charge in [0, 0.05) is 6.07 Å². The topological polar surface area (TPSA) is 137 Å². The maximum atomic E-state index is 11.7. The zero-order valence-electron chi connectivity index (χ0n) is 17.7. The predicted octanol–water partition coefficient (Wildman–Crippen LogP) is 2.51. The van der Waals surface area contributed by atoms with Crippen molar-refractivity contribution in [3.63, 3.8) is 0 Å². The van der Waals surface area contributed by atoms with E-state index in [4.69, 9.17) is 18.9 Å². The first-order valence-corrected chi connectivity index (χ1v) is 8.73. The zero-order chi connectivity index (χ0) is 22.9. The predicted molar refractivity (Wildman–Crippen MR) is 99.8 cm³/mol. The summed E-state index contributed by atoms with van der Waals surface area (Å²) in [6, 6.07) is 2.56. The van der Waals surface area contributed by atoms with Crippen molar-refractivity contribution in [3.8, 4) is 11.6 Å². The molecule has 0 bridgehead atoms. The number of pyridine rings is 1. The Morgan fingerprint density at radius 3 is 1.67 bits per heavy atom. The minimum Gasteiger partial charge on any atom is -0.469 e. The molecule has 0 radical (unpaired) electrons.